The molecule has 1 amide bonds. The van der Waals surface area contributed by atoms with E-state index in [0.717, 1.165) is 17.9 Å². The lowest BCUT2D eigenvalue weighted by Crippen LogP contribution is -2.38. The number of aromatic nitrogens is 3. The summed E-state index contributed by atoms with van der Waals surface area (Å²) in [5, 5.41) is 8.05. The van der Waals surface area contributed by atoms with Crippen LogP contribution in [0, 0.1) is 6.92 Å². The molecule has 1 aliphatic heterocycles. The summed E-state index contributed by atoms with van der Waals surface area (Å²) in [6, 6.07) is 3.64. The SMILES string of the molecule is COC[C@@H]1C[C@H](OC)CN1C(=O)c1ccc2nnc(C)n2c1. The van der Waals surface area contributed by atoms with Gasteiger partial charge in [0.15, 0.2) is 5.65 Å². The Labute approximate surface area is 128 Å². The summed E-state index contributed by atoms with van der Waals surface area (Å²) in [4.78, 5) is 14.7. The molecule has 0 aromatic carbocycles. The van der Waals surface area contributed by atoms with Crippen molar-refractivity contribution in [1.29, 1.82) is 0 Å². The summed E-state index contributed by atoms with van der Waals surface area (Å²) in [5.41, 5.74) is 1.35. The Morgan fingerprint density at radius 2 is 2.18 bits per heavy atom. The molecule has 1 aliphatic rings. The summed E-state index contributed by atoms with van der Waals surface area (Å²) < 4.78 is 12.5. The standard InChI is InChI=1S/C15H20N4O3/c1-10-16-17-14-5-4-11(7-18(10)14)15(20)19-8-13(22-3)6-12(19)9-21-2/h4-5,7,12-13H,6,8-9H2,1-3H3/t12-,13-/m0/s1. The minimum absolute atomic E-state index is 0.0170. The van der Waals surface area contributed by atoms with E-state index in [1.54, 1.807) is 26.5 Å². The fraction of sp³-hybridized carbons (Fsp3) is 0.533. The molecule has 2 atom stereocenters. The van der Waals surface area contributed by atoms with Gasteiger partial charge in [-0.25, -0.2) is 0 Å². The van der Waals surface area contributed by atoms with E-state index in [0.29, 0.717) is 18.7 Å². The number of hydrogen-bond acceptors (Lipinski definition) is 5. The minimum Gasteiger partial charge on any atom is -0.383 e. The van der Waals surface area contributed by atoms with Crippen molar-refractivity contribution in [2.24, 2.45) is 0 Å². The van der Waals surface area contributed by atoms with Crippen LogP contribution >= 0.6 is 0 Å². The average Bonchev–Trinajstić information content (AvgIpc) is 3.11. The average molecular weight is 304 g/mol. The van der Waals surface area contributed by atoms with Crippen LogP contribution in [0.2, 0.25) is 0 Å². The normalized spacial score (nSPS) is 21.7. The fourth-order valence-electron chi connectivity index (χ4n) is 2.94. The van der Waals surface area contributed by atoms with Crippen molar-refractivity contribution in [3.05, 3.63) is 29.7 Å². The molecular weight excluding hydrogens is 284 g/mol. The molecule has 7 nitrogen and oxygen atoms in total. The number of aryl methyl sites for hydroxylation is 1. The summed E-state index contributed by atoms with van der Waals surface area (Å²) in [6.45, 7) is 2.96. The van der Waals surface area contributed by atoms with Crippen molar-refractivity contribution in [3.63, 3.8) is 0 Å². The van der Waals surface area contributed by atoms with E-state index in [-0.39, 0.29) is 18.1 Å². The number of carbonyl (C=O) groups is 1. The van der Waals surface area contributed by atoms with Gasteiger partial charge in [-0.1, -0.05) is 0 Å². The first-order chi connectivity index (χ1) is 10.6. The Morgan fingerprint density at radius 1 is 1.36 bits per heavy atom. The highest BCUT2D eigenvalue weighted by Gasteiger charge is 2.35. The van der Waals surface area contributed by atoms with Gasteiger partial charge in [-0.2, -0.15) is 0 Å². The second-order valence-corrected chi connectivity index (χ2v) is 5.55. The molecule has 0 bridgehead atoms. The van der Waals surface area contributed by atoms with Crippen molar-refractivity contribution in [3.8, 4) is 0 Å². The van der Waals surface area contributed by atoms with Crippen molar-refractivity contribution in [1.82, 2.24) is 19.5 Å². The van der Waals surface area contributed by atoms with E-state index < -0.39 is 0 Å². The van der Waals surface area contributed by atoms with Crippen molar-refractivity contribution < 1.29 is 14.3 Å². The lowest BCUT2D eigenvalue weighted by Gasteiger charge is -2.23. The van der Waals surface area contributed by atoms with Crippen molar-refractivity contribution in [2.45, 2.75) is 25.5 Å². The maximum absolute atomic E-state index is 12.8. The van der Waals surface area contributed by atoms with Gasteiger partial charge >= 0.3 is 0 Å². The van der Waals surface area contributed by atoms with Crippen LogP contribution in [0.4, 0.5) is 0 Å². The van der Waals surface area contributed by atoms with Gasteiger partial charge in [0.05, 0.1) is 24.3 Å². The number of likely N-dealkylation sites (tertiary alicyclic amines) is 1. The highest BCUT2D eigenvalue weighted by Crippen LogP contribution is 2.23. The first-order valence-electron chi connectivity index (χ1n) is 7.28. The maximum Gasteiger partial charge on any atom is 0.255 e. The number of pyridine rings is 1. The van der Waals surface area contributed by atoms with E-state index in [9.17, 15) is 4.79 Å². The van der Waals surface area contributed by atoms with Crippen LogP contribution < -0.4 is 0 Å². The molecule has 0 N–H and O–H groups in total. The molecule has 0 unspecified atom stereocenters. The summed E-state index contributed by atoms with van der Waals surface area (Å²) >= 11 is 0. The Bertz CT molecular complexity index is 684. The van der Waals surface area contributed by atoms with Crippen molar-refractivity contribution >= 4 is 11.6 Å². The lowest BCUT2D eigenvalue weighted by molar-refractivity contribution is 0.0611. The van der Waals surface area contributed by atoms with Gasteiger partial charge in [-0.15, -0.1) is 10.2 Å². The summed E-state index contributed by atoms with van der Waals surface area (Å²) in [5.74, 6) is 0.742. The van der Waals surface area contributed by atoms with Crippen LogP contribution in [0.25, 0.3) is 5.65 Å². The van der Waals surface area contributed by atoms with E-state index in [4.69, 9.17) is 9.47 Å². The van der Waals surface area contributed by atoms with E-state index in [2.05, 4.69) is 10.2 Å². The molecule has 0 saturated carbocycles. The van der Waals surface area contributed by atoms with Gasteiger partial charge in [0.1, 0.15) is 5.82 Å². The van der Waals surface area contributed by atoms with Gasteiger partial charge in [-0.05, 0) is 25.5 Å². The largest absolute Gasteiger partial charge is 0.383 e. The predicted octanol–water partition coefficient (Wildman–Crippen LogP) is 0.914. The summed E-state index contributed by atoms with van der Waals surface area (Å²) in [6.07, 6.45) is 2.64. The molecule has 22 heavy (non-hydrogen) atoms. The van der Waals surface area contributed by atoms with Crippen LogP contribution in [0.15, 0.2) is 18.3 Å². The highest BCUT2D eigenvalue weighted by molar-refractivity contribution is 5.94. The number of ether oxygens (including phenoxy) is 2. The Morgan fingerprint density at radius 3 is 2.91 bits per heavy atom. The third kappa shape index (κ3) is 2.57. The molecule has 3 heterocycles. The predicted molar refractivity (Wildman–Crippen MR) is 79.8 cm³/mol. The number of fused-ring (bicyclic) bond motifs is 1. The Hall–Kier alpha value is -1.99. The third-order valence-electron chi connectivity index (χ3n) is 4.15. The zero-order chi connectivity index (χ0) is 15.7. The Kier molecular flexibility index (Phi) is 4.08. The maximum atomic E-state index is 12.8. The molecule has 2 aromatic heterocycles. The second-order valence-electron chi connectivity index (χ2n) is 5.55. The number of hydrogen-bond donors (Lipinski definition) is 0. The molecule has 3 rings (SSSR count). The second kappa shape index (κ2) is 6.02. The number of rotatable bonds is 4. The van der Waals surface area contributed by atoms with Crippen LogP contribution in [0.3, 0.4) is 0 Å². The van der Waals surface area contributed by atoms with E-state index >= 15 is 0 Å². The zero-order valence-electron chi connectivity index (χ0n) is 13.0. The van der Waals surface area contributed by atoms with Gasteiger partial charge in [0.2, 0.25) is 0 Å². The smallest absolute Gasteiger partial charge is 0.255 e. The molecule has 1 saturated heterocycles. The number of methoxy groups -OCH3 is 2. The highest BCUT2D eigenvalue weighted by atomic mass is 16.5. The molecule has 7 heteroatoms. The van der Waals surface area contributed by atoms with E-state index in [1.807, 2.05) is 22.3 Å². The Balaban J connectivity index is 1.88. The molecule has 0 spiro atoms. The molecular formula is C15H20N4O3. The topological polar surface area (TPSA) is 69.0 Å². The van der Waals surface area contributed by atoms with Crippen LogP contribution in [-0.2, 0) is 9.47 Å². The molecule has 1 fully saturated rings. The molecule has 0 radical (unpaired) electrons. The summed E-state index contributed by atoms with van der Waals surface area (Å²) in [7, 11) is 3.32. The third-order valence-corrected chi connectivity index (χ3v) is 4.15. The molecule has 2 aromatic rings. The number of nitrogens with zero attached hydrogens (tertiary/aromatic N) is 4. The molecule has 118 valence electrons. The molecule has 0 aliphatic carbocycles. The number of amides is 1. The van der Waals surface area contributed by atoms with Gasteiger partial charge in [-0.3, -0.25) is 9.20 Å². The first-order valence-corrected chi connectivity index (χ1v) is 7.28. The number of carbonyl (C=O) groups excluding carboxylic acids is 1. The van der Waals surface area contributed by atoms with Gasteiger partial charge in [0.25, 0.3) is 5.91 Å². The van der Waals surface area contributed by atoms with Crippen molar-refractivity contribution in [2.75, 3.05) is 27.4 Å². The monoisotopic (exact) mass is 304 g/mol. The lowest BCUT2D eigenvalue weighted by atomic mass is 10.2. The first kappa shape index (κ1) is 14.9. The fourth-order valence-corrected chi connectivity index (χ4v) is 2.94. The van der Waals surface area contributed by atoms with E-state index in [1.165, 1.54) is 0 Å². The van der Waals surface area contributed by atoms with Crippen LogP contribution in [0.5, 0.6) is 0 Å². The van der Waals surface area contributed by atoms with Crippen LogP contribution in [0.1, 0.15) is 22.6 Å². The van der Waals surface area contributed by atoms with Gasteiger partial charge < -0.3 is 14.4 Å². The van der Waals surface area contributed by atoms with Crippen LogP contribution in [-0.4, -0.2) is 64.9 Å². The zero-order valence-corrected chi connectivity index (χ0v) is 13.0. The minimum atomic E-state index is -0.0170. The quantitative estimate of drug-likeness (QED) is 0.840. The van der Waals surface area contributed by atoms with Gasteiger partial charge in [0, 0.05) is 27.0 Å².